The molecule has 2 aromatic rings. The molecule has 4 nitrogen and oxygen atoms in total. The predicted molar refractivity (Wildman–Crippen MR) is 73.5 cm³/mol. The fourth-order valence-electron chi connectivity index (χ4n) is 1.64. The SMILES string of the molecule is NCCc1ccc(OS(=O)(=O)c2ccccc2)cc1. The van der Waals surface area contributed by atoms with Crippen LogP contribution in [0.3, 0.4) is 0 Å². The Morgan fingerprint density at radius 2 is 1.58 bits per heavy atom. The zero-order valence-corrected chi connectivity index (χ0v) is 11.1. The fraction of sp³-hybridized carbons (Fsp3) is 0.143. The summed E-state index contributed by atoms with van der Waals surface area (Å²) in [7, 11) is -3.76. The summed E-state index contributed by atoms with van der Waals surface area (Å²) in [4.78, 5) is 0.140. The van der Waals surface area contributed by atoms with Crippen molar-refractivity contribution in [2.45, 2.75) is 11.3 Å². The van der Waals surface area contributed by atoms with E-state index in [9.17, 15) is 8.42 Å². The highest BCUT2D eigenvalue weighted by molar-refractivity contribution is 7.87. The standard InChI is InChI=1S/C14H15NO3S/c15-11-10-12-6-8-13(9-7-12)18-19(16,17)14-4-2-1-3-5-14/h1-9H,10-11,15H2. The summed E-state index contributed by atoms with van der Waals surface area (Å²) >= 11 is 0. The van der Waals surface area contributed by atoms with E-state index >= 15 is 0 Å². The van der Waals surface area contributed by atoms with Crippen LogP contribution in [0.4, 0.5) is 0 Å². The highest BCUT2D eigenvalue weighted by atomic mass is 32.2. The Hall–Kier alpha value is -1.85. The van der Waals surface area contributed by atoms with Gasteiger partial charge in [-0.3, -0.25) is 0 Å². The lowest BCUT2D eigenvalue weighted by atomic mass is 10.1. The third-order valence-corrected chi connectivity index (χ3v) is 3.86. The van der Waals surface area contributed by atoms with E-state index in [4.69, 9.17) is 9.92 Å². The van der Waals surface area contributed by atoms with Crippen molar-refractivity contribution in [2.24, 2.45) is 5.73 Å². The zero-order valence-electron chi connectivity index (χ0n) is 10.3. The number of hydrogen-bond donors (Lipinski definition) is 1. The van der Waals surface area contributed by atoms with E-state index in [0.717, 1.165) is 12.0 Å². The summed E-state index contributed by atoms with van der Waals surface area (Å²) in [6.45, 7) is 0.558. The number of nitrogens with two attached hydrogens (primary N) is 1. The Balaban J connectivity index is 2.17. The summed E-state index contributed by atoms with van der Waals surface area (Å²) < 4.78 is 29.0. The van der Waals surface area contributed by atoms with Crippen LogP contribution in [0.2, 0.25) is 0 Å². The summed E-state index contributed by atoms with van der Waals surface area (Å²) in [6.07, 6.45) is 0.756. The van der Waals surface area contributed by atoms with Crippen molar-refractivity contribution in [2.75, 3.05) is 6.54 Å². The summed E-state index contributed by atoms with van der Waals surface area (Å²) in [5.41, 5.74) is 6.50. The van der Waals surface area contributed by atoms with E-state index in [2.05, 4.69) is 0 Å². The second-order valence-corrected chi connectivity index (χ2v) is 5.58. The van der Waals surface area contributed by atoms with Gasteiger partial charge < -0.3 is 9.92 Å². The minimum atomic E-state index is -3.76. The average Bonchev–Trinajstić information content (AvgIpc) is 2.42. The molecule has 0 aliphatic carbocycles. The lowest BCUT2D eigenvalue weighted by molar-refractivity contribution is 0.486. The minimum absolute atomic E-state index is 0.140. The van der Waals surface area contributed by atoms with Gasteiger partial charge in [0.25, 0.3) is 0 Å². The molecule has 0 saturated heterocycles. The lowest BCUT2D eigenvalue weighted by Crippen LogP contribution is -2.09. The Morgan fingerprint density at radius 1 is 0.947 bits per heavy atom. The van der Waals surface area contributed by atoms with Gasteiger partial charge in [-0.2, -0.15) is 8.42 Å². The maximum Gasteiger partial charge on any atom is 0.339 e. The fourth-order valence-corrected chi connectivity index (χ4v) is 2.59. The minimum Gasteiger partial charge on any atom is -0.379 e. The third kappa shape index (κ3) is 3.56. The van der Waals surface area contributed by atoms with Gasteiger partial charge in [-0.25, -0.2) is 0 Å². The smallest absolute Gasteiger partial charge is 0.339 e. The van der Waals surface area contributed by atoms with Crippen molar-refractivity contribution >= 4 is 10.1 Å². The van der Waals surface area contributed by atoms with Crippen LogP contribution < -0.4 is 9.92 Å². The molecule has 2 rings (SSSR count). The van der Waals surface area contributed by atoms with Crippen molar-refractivity contribution in [3.05, 3.63) is 60.2 Å². The first-order valence-corrected chi connectivity index (χ1v) is 7.31. The molecule has 0 aromatic heterocycles. The average molecular weight is 277 g/mol. The van der Waals surface area contributed by atoms with Crippen molar-refractivity contribution in [1.29, 1.82) is 0 Å². The highest BCUT2D eigenvalue weighted by Gasteiger charge is 2.15. The Morgan fingerprint density at radius 3 is 2.16 bits per heavy atom. The molecule has 0 heterocycles. The molecule has 0 aliphatic heterocycles. The second kappa shape index (κ2) is 5.86. The molecule has 19 heavy (non-hydrogen) atoms. The predicted octanol–water partition coefficient (Wildman–Crippen LogP) is 1.96. The first-order valence-electron chi connectivity index (χ1n) is 5.90. The summed E-state index contributed by atoms with van der Waals surface area (Å²) in [5, 5.41) is 0. The molecule has 0 radical (unpaired) electrons. The van der Waals surface area contributed by atoms with Crippen LogP contribution in [0.15, 0.2) is 59.5 Å². The van der Waals surface area contributed by atoms with Crippen LogP contribution in [0.1, 0.15) is 5.56 Å². The third-order valence-electron chi connectivity index (χ3n) is 2.59. The largest absolute Gasteiger partial charge is 0.379 e. The quantitative estimate of drug-likeness (QED) is 0.848. The molecule has 0 fully saturated rings. The molecule has 0 saturated carbocycles. The monoisotopic (exact) mass is 277 g/mol. The topological polar surface area (TPSA) is 69.4 Å². The number of hydrogen-bond acceptors (Lipinski definition) is 4. The first-order chi connectivity index (χ1) is 9.12. The van der Waals surface area contributed by atoms with Gasteiger partial charge in [0.05, 0.1) is 0 Å². The molecule has 0 spiro atoms. The lowest BCUT2D eigenvalue weighted by Gasteiger charge is -2.07. The van der Waals surface area contributed by atoms with Gasteiger partial charge in [0.15, 0.2) is 0 Å². The molecule has 0 atom stereocenters. The van der Waals surface area contributed by atoms with E-state index < -0.39 is 10.1 Å². The summed E-state index contributed by atoms with van der Waals surface area (Å²) in [5.74, 6) is 0.296. The van der Waals surface area contributed by atoms with Crippen LogP contribution in [-0.2, 0) is 16.5 Å². The van der Waals surface area contributed by atoms with Gasteiger partial charge in [-0.15, -0.1) is 0 Å². The van der Waals surface area contributed by atoms with Gasteiger partial charge in [-0.05, 0) is 42.8 Å². The van der Waals surface area contributed by atoms with Crippen molar-refractivity contribution in [3.8, 4) is 5.75 Å². The molecular formula is C14H15NO3S. The molecule has 100 valence electrons. The van der Waals surface area contributed by atoms with Crippen molar-refractivity contribution in [3.63, 3.8) is 0 Å². The van der Waals surface area contributed by atoms with Crippen LogP contribution in [-0.4, -0.2) is 15.0 Å². The maximum absolute atomic E-state index is 12.0. The molecule has 0 bridgehead atoms. The van der Waals surface area contributed by atoms with Crippen LogP contribution in [0, 0.1) is 0 Å². The maximum atomic E-state index is 12.0. The summed E-state index contributed by atoms with van der Waals surface area (Å²) in [6, 6.07) is 14.9. The second-order valence-electron chi connectivity index (χ2n) is 4.03. The van der Waals surface area contributed by atoms with Gasteiger partial charge in [0, 0.05) is 0 Å². The molecule has 2 aromatic carbocycles. The highest BCUT2D eigenvalue weighted by Crippen LogP contribution is 2.19. The number of rotatable bonds is 5. The normalized spacial score (nSPS) is 11.2. The molecule has 0 unspecified atom stereocenters. The van der Waals surface area contributed by atoms with Crippen molar-refractivity contribution < 1.29 is 12.6 Å². The van der Waals surface area contributed by atoms with Crippen LogP contribution in [0.5, 0.6) is 5.75 Å². The molecule has 5 heteroatoms. The van der Waals surface area contributed by atoms with Gasteiger partial charge >= 0.3 is 10.1 Å². The first kappa shape index (κ1) is 13.6. The Bertz CT molecular complexity index is 622. The molecule has 2 N–H and O–H groups in total. The van der Waals surface area contributed by atoms with E-state index in [-0.39, 0.29) is 4.90 Å². The Labute approximate surface area is 113 Å². The van der Waals surface area contributed by atoms with E-state index in [0.29, 0.717) is 12.3 Å². The van der Waals surface area contributed by atoms with Crippen LogP contribution >= 0.6 is 0 Å². The van der Waals surface area contributed by atoms with Gasteiger partial charge in [0.1, 0.15) is 10.6 Å². The van der Waals surface area contributed by atoms with E-state index in [1.165, 1.54) is 12.1 Å². The molecular weight excluding hydrogens is 262 g/mol. The van der Waals surface area contributed by atoms with Crippen molar-refractivity contribution in [1.82, 2.24) is 0 Å². The van der Waals surface area contributed by atoms with E-state index in [1.807, 2.05) is 12.1 Å². The van der Waals surface area contributed by atoms with Gasteiger partial charge in [0.2, 0.25) is 0 Å². The van der Waals surface area contributed by atoms with E-state index in [1.54, 1.807) is 30.3 Å². The van der Waals surface area contributed by atoms with Crippen LogP contribution in [0.25, 0.3) is 0 Å². The molecule has 0 amide bonds. The Kier molecular flexibility index (Phi) is 4.19. The number of benzene rings is 2. The zero-order chi connectivity index (χ0) is 13.7. The van der Waals surface area contributed by atoms with Gasteiger partial charge in [-0.1, -0.05) is 30.3 Å². The molecule has 0 aliphatic rings.